The molecule has 0 atom stereocenters. The molecule has 0 aliphatic rings. The summed E-state index contributed by atoms with van der Waals surface area (Å²) in [5.74, 6) is 0. The van der Waals surface area contributed by atoms with Crippen molar-refractivity contribution in [1.82, 2.24) is 0 Å². The zero-order chi connectivity index (χ0) is 13.8. The molecular formula is C15H10BrN3. The van der Waals surface area contributed by atoms with Gasteiger partial charge in [-0.1, -0.05) is 28.1 Å². The second-order valence-corrected chi connectivity index (χ2v) is 4.91. The summed E-state index contributed by atoms with van der Waals surface area (Å²) in [6, 6.07) is 17.1. The molecule has 0 amide bonds. The molecule has 4 heteroatoms. The summed E-state index contributed by atoms with van der Waals surface area (Å²) in [5.41, 5.74) is 2.84. The van der Waals surface area contributed by atoms with Crippen molar-refractivity contribution in [2.75, 3.05) is 11.9 Å². The zero-order valence-corrected chi connectivity index (χ0v) is 11.8. The average Bonchev–Trinajstić information content (AvgIpc) is 2.45. The van der Waals surface area contributed by atoms with E-state index in [2.05, 4.69) is 28.1 Å². The lowest BCUT2D eigenvalue weighted by Crippen LogP contribution is -2.11. The number of halogens is 1. The lowest BCUT2D eigenvalue weighted by molar-refractivity contribution is 1.19. The summed E-state index contributed by atoms with van der Waals surface area (Å²) in [6.45, 7) is 0. The molecule has 0 saturated carbocycles. The van der Waals surface area contributed by atoms with Crippen molar-refractivity contribution in [2.45, 2.75) is 0 Å². The molecule has 0 aliphatic carbocycles. The lowest BCUT2D eigenvalue weighted by atomic mass is 10.1. The van der Waals surface area contributed by atoms with Crippen molar-refractivity contribution < 1.29 is 0 Å². The van der Waals surface area contributed by atoms with Crippen LogP contribution in [-0.4, -0.2) is 7.05 Å². The minimum atomic E-state index is 0.575. The highest BCUT2D eigenvalue weighted by Crippen LogP contribution is 2.29. The van der Waals surface area contributed by atoms with E-state index in [9.17, 15) is 0 Å². The molecule has 0 N–H and O–H groups in total. The zero-order valence-electron chi connectivity index (χ0n) is 10.3. The van der Waals surface area contributed by atoms with Gasteiger partial charge in [-0.15, -0.1) is 0 Å². The number of hydrogen-bond acceptors (Lipinski definition) is 3. The summed E-state index contributed by atoms with van der Waals surface area (Å²) in [5, 5.41) is 18.1. The van der Waals surface area contributed by atoms with Gasteiger partial charge >= 0.3 is 0 Å². The molecule has 0 aliphatic heterocycles. The fourth-order valence-electron chi connectivity index (χ4n) is 1.83. The Bertz CT molecular complexity index is 695. The maximum atomic E-state index is 9.13. The second-order valence-electron chi connectivity index (χ2n) is 4.00. The van der Waals surface area contributed by atoms with Crippen LogP contribution in [0.5, 0.6) is 0 Å². The smallest absolute Gasteiger partial charge is 0.101 e. The Labute approximate surface area is 120 Å². The van der Waals surface area contributed by atoms with Gasteiger partial charge in [-0.25, -0.2) is 0 Å². The van der Waals surface area contributed by atoms with Crippen molar-refractivity contribution in [2.24, 2.45) is 0 Å². The molecule has 3 nitrogen and oxygen atoms in total. The molecule has 0 spiro atoms. The van der Waals surface area contributed by atoms with Gasteiger partial charge < -0.3 is 4.90 Å². The van der Waals surface area contributed by atoms with E-state index in [4.69, 9.17) is 10.5 Å². The van der Waals surface area contributed by atoms with Crippen LogP contribution in [0, 0.1) is 22.7 Å². The van der Waals surface area contributed by atoms with E-state index >= 15 is 0 Å². The average molecular weight is 312 g/mol. The Morgan fingerprint density at radius 1 is 1.05 bits per heavy atom. The standard InChI is InChI=1S/C15H10BrN3/c1-19(15-5-3-2-4-12(15)10-18)14-7-11(9-17)6-13(16)8-14/h2-8H,1H3. The van der Waals surface area contributed by atoms with Gasteiger partial charge in [0.15, 0.2) is 0 Å². The molecule has 19 heavy (non-hydrogen) atoms. The molecule has 0 fully saturated rings. The number of nitrogens with zero attached hydrogens (tertiary/aromatic N) is 3. The Morgan fingerprint density at radius 3 is 2.47 bits per heavy atom. The SMILES string of the molecule is CN(c1cc(Br)cc(C#N)c1)c1ccccc1C#N. The van der Waals surface area contributed by atoms with Gasteiger partial charge in [-0.05, 0) is 30.3 Å². The molecule has 0 heterocycles. The molecule has 92 valence electrons. The summed E-state index contributed by atoms with van der Waals surface area (Å²) >= 11 is 3.39. The minimum Gasteiger partial charge on any atom is -0.343 e. The van der Waals surface area contributed by atoms with E-state index in [0.29, 0.717) is 11.1 Å². The van der Waals surface area contributed by atoms with Crippen LogP contribution in [0.2, 0.25) is 0 Å². The third-order valence-electron chi connectivity index (χ3n) is 2.78. The molecule has 0 radical (unpaired) electrons. The minimum absolute atomic E-state index is 0.575. The first kappa shape index (κ1) is 13.1. The van der Waals surface area contributed by atoms with Crippen LogP contribution < -0.4 is 4.90 Å². The van der Waals surface area contributed by atoms with Crippen LogP contribution in [0.1, 0.15) is 11.1 Å². The molecule has 0 saturated heterocycles. The predicted octanol–water partition coefficient (Wildman–Crippen LogP) is 3.96. The van der Waals surface area contributed by atoms with Crippen LogP contribution in [0.4, 0.5) is 11.4 Å². The first-order chi connectivity index (χ1) is 9.15. The van der Waals surface area contributed by atoms with E-state index < -0.39 is 0 Å². The highest BCUT2D eigenvalue weighted by molar-refractivity contribution is 9.10. The molecule has 2 aromatic rings. The van der Waals surface area contributed by atoms with Gasteiger partial charge in [0.05, 0.1) is 22.9 Å². The number of benzene rings is 2. The Balaban J connectivity index is 2.51. The Morgan fingerprint density at radius 2 is 1.79 bits per heavy atom. The highest BCUT2D eigenvalue weighted by atomic mass is 79.9. The van der Waals surface area contributed by atoms with Gasteiger partial charge in [0.1, 0.15) is 6.07 Å². The van der Waals surface area contributed by atoms with Crippen LogP contribution in [0.3, 0.4) is 0 Å². The Kier molecular flexibility index (Phi) is 3.85. The van der Waals surface area contributed by atoms with Crippen molar-refractivity contribution in [1.29, 1.82) is 10.5 Å². The molecule has 2 aromatic carbocycles. The summed E-state index contributed by atoms with van der Waals surface area (Å²) < 4.78 is 0.836. The van der Waals surface area contributed by atoms with Crippen molar-refractivity contribution in [3.8, 4) is 12.1 Å². The molecule has 2 rings (SSSR count). The van der Waals surface area contributed by atoms with E-state index in [1.165, 1.54) is 0 Å². The monoisotopic (exact) mass is 311 g/mol. The van der Waals surface area contributed by atoms with Crippen LogP contribution >= 0.6 is 15.9 Å². The van der Waals surface area contributed by atoms with Gasteiger partial charge in [0.25, 0.3) is 0 Å². The van der Waals surface area contributed by atoms with E-state index in [1.807, 2.05) is 36.2 Å². The second kappa shape index (κ2) is 5.56. The van der Waals surface area contributed by atoms with Crippen molar-refractivity contribution in [3.05, 3.63) is 58.1 Å². The van der Waals surface area contributed by atoms with E-state index in [-0.39, 0.29) is 0 Å². The summed E-state index contributed by atoms with van der Waals surface area (Å²) in [7, 11) is 1.87. The number of hydrogen-bond donors (Lipinski definition) is 0. The Hall–Kier alpha value is -2.30. The topological polar surface area (TPSA) is 50.8 Å². The van der Waals surface area contributed by atoms with Crippen LogP contribution in [-0.2, 0) is 0 Å². The van der Waals surface area contributed by atoms with Crippen LogP contribution in [0.25, 0.3) is 0 Å². The van der Waals surface area contributed by atoms with E-state index in [0.717, 1.165) is 15.8 Å². The molecular weight excluding hydrogens is 302 g/mol. The van der Waals surface area contributed by atoms with Crippen molar-refractivity contribution >= 4 is 27.3 Å². The number of nitriles is 2. The highest BCUT2D eigenvalue weighted by Gasteiger charge is 2.10. The van der Waals surface area contributed by atoms with Gasteiger partial charge in [0, 0.05) is 17.2 Å². The normalized spacial score (nSPS) is 9.47. The number of anilines is 2. The summed E-state index contributed by atoms with van der Waals surface area (Å²) in [4.78, 5) is 1.89. The molecule has 0 bridgehead atoms. The molecule has 0 aromatic heterocycles. The fourth-order valence-corrected chi connectivity index (χ4v) is 2.31. The first-order valence-electron chi connectivity index (χ1n) is 5.59. The van der Waals surface area contributed by atoms with E-state index in [1.54, 1.807) is 18.2 Å². The first-order valence-corrected chi connectivity index (χ1v) is 6.38. The number of rotatable bonds is 2. The third kappa shape index (κ3) is 2.76. The maximum Gasteiger partial charge on any atom is 0.101 e. The number of para-hydroxylation sites is 1. The quantitative estimate of drug-likeness (QED) is 0.843. The third-order valence-corrected chi connectivity index (χ3v) is 3.24. The lowest BCUT2D eigenvalue weighted by Gasteiger charge is -2.21. The summed E-state index contributed by atoms with van der Waals surface area (Å²) in [6.07, 6.45) is 0. The van der Waals surface area contributed by atoms with Gasteiger partial charge in [0.2, 0.25) is 0 Å². The fraction of sp³-hybridized carbons (Fsp3) is 0.0667. The largest absolute Gasteiger partial charge is 0.343 e. The predicted molar refractivity (Wildman–Crippen MR) is 78.1 cm³/mol. The maximum absolute atomic E-state index is 9.13. The van der Waals surface area contributed by atoms with Gasteiger partial charge in [-0.2, -0.15) is 10.5 Å². The van der Waals surface area contributed by atoms with Crippen molar-refractivity contribution in [3.63, 3.8) is 0 Å². The van der Waals surface area contributed by atoms with Gasteiger partial charge in [-0.3, -0.25) is 0 Å². The molecule has 0 unspecified atom stereocenters. The van der Waals surface area contributed by atoms with Crippen LogP contribution in [0.15, 0.2) is 46.9 Å².